The van der Waals surface area contributed by atoms with Gasteiger partial charge in [0.1, 0.15) is 6.10 Å². The van der Waals surface area contributed by atoms with Crippen molar-refractivity contribution in [3.63, 3.8) is 0 Å². The van der Waals surface area contributed by atoms with Crippen molar-refractivity contribution in [3.8, 4) is 5.88 Å². The summed E-state index contributed by atoms with van der Waals surface area (Å²) in [5, 5.41) is 0. The molecule has 2 aliphatic heterocycles. The van der Waals surface area contributed by atoms with Gasteiger partial charge in [-0.2, -0.15) is 13.2 Å². The van der Waals surface area contributed by atoms with Crippen LogP contribution in [0, 0.1) is 11.8 Å². The molecule has 3 heterocycles. The number of aromatic nitrogens is 1. The maximum atomic E-state index is 13.4. The molecule has 36 heavy (non-hydrogen) atoms. The van der Waals surface area contributed by atoms with Crippen molar-refractivity contribution >= 4 is 17.5 Å². The zero-order chi connectivity index (χ0) is 26.0. The minimum absolute atomic E-state index is 0.0217. The molecule has 0 spiro atoms. The second kappa shape index (κ2) is 10.4. The van der Waals surface area contributed by atoms with Crippen molar-refractivity contribution in [3.05, 3.63) is 53.7 Å². The van der Waals surface area contributed by atoms with Crippen LogP contribution in [0.2, 0.25) is 0 Å². The lowest BCUT2D eigenvalue weighted by Gasteiger charge is -2.32. The van der Waals surface area contributed by atoms with Gasteiger partial charge in [-0.15, -0.1) is 0 Å². The van der Waals surface area contributed by atoms with Gasteiger partial charge in [0.2, 0.25) is 17.7 Å². The van der Waals surface area contributed by atoms with Crippen molar-refractivity contribution in [1.29, 1.82) is 0 Å². The van der Waals surface area contributed by atoms with Crippen molar-refractivity contribution < 1.29 is 27.5 Å². The van der Waals surface area contributed by atoms with Crippen LogP contribution in [0.4, 0.5) is 18.9 Å². The molecule has 1 unspecified atom stereocenters. The Labute approximate surface area is 208 Å². The number of carbonyl (C=O) groups excluding carboxylic acids is 2. The number of benzene rings is 1. The first-order valence-electron chi connectivity index (χ1n) is 12.1. The number of halogens is 3. The fourth-order valence-corrected chi connectivity index (χ4v) is 5.18. The number of amides is 2. The summed E-state index contributed by atoms with van der Waals surface area (Å²) in [4.78, 5) is 32.5. The number of nitrogens with two attached hydrogens (primary N) is 1. The van der Waals surface area contributed by atoms with E-state index in [4.69, 9.17) is 10.5 Å². The molecule has 4 rings (SSSR count). The van der Waals surface area contributed by atoms with E-state index < -0.39 is 17.8 Å². The lowest BCUT2D eigenvalue weighted by atomic mass is 9.85. The zero-order valence-electron chi connectivity index (χ0n) is 20.4. The Morgan fingerprint density at radius 3 is 2.28 bits per heavy atom. The largest absolute Gasteiger partial charge is 0.474 e. The molecule has 2 saturated heterocycles. The number of rotatable bonds is 5. The van der Waals surface area contributed by atoms with Crippen LogP contribution in [0.25, 0.3) is 0 Å². The normalized spacial score (nSPS) is 21.9. The SMILES string of the molecule is CC(=O)N1CCC(C(=O)N2CC([C@H](C)Oc3ccc(C(F)(F)F)cn3)[C@@H](c3ccc(N)cc3)C2)CC1. The molecule has 2 fully saturated rings. The van der Waals surface area contributed by atoms with Gasteiger partial charge in [-0.05, 0) is 43.5 Å². The minimum atomic E-state index is -4.47. The highest BCUT2D eigenvalue weighted by atomic mass is 19.4. The topological polar surface area (TPSA) is 88.8 Å². The lowest BCUT2D eigenvalue weighted by molar-refractivity contribution is -0.139. The van der Waals surface area contributed by atoms with Crippen LogP contribution in [0.5, 0.6) is 5.88 Å². The van der Waals surface area contributed by atoms with Crippen LogP contribution in [0.15, 0.2) is 42.6 Å². The molecule has 3 atom stereocenters. The predicted molar refractivity (Wildman–Crippen MR) is 128 cm³/mol. The molecule has 2 amide bonds. The van der Waals surface area contributed by atoms with Crippen molar-refractivity contribution in [2.24, 2.45) is 11.8 Å². The number of alkyl halides is 3. The number of hydrogen-bond acceptors (Lipinski definition) is 5. The van der Waals surface area contributed by atoms with Crippen LogP contribution < -0.4 is 10.5 Å². The number of carbonyl (C=O) groups is 2. The molecule has 0 aliphatic carbocycles. The maximum Gasteiger partial charge on any atom is 0.417 e. The third-order valence-corrected chi connectivity index (χ3v) is 7.30. The molecule has 0 radical (unpaired) electrons. The number of ether oxygens (including phenoxy) is 1. The van der Waals surface area contributed by atoms with Gasteiger partial charge in [0.25, 0.3) is 0 Å². The van der Waals surface area contributed by atoms with E-state index in [1.165, 1.54) is 13.0 Å². The first kappa shape index (κ1) is 25.8. The molecule has 2 aromatic rings. The number of likely N-dealkylation sites (tertiary alicyclic amines) is 2. The molecule has 1 aromatic heterocycles. The number of nitrogens with zero attached hydrogens (tertiary/aromatic N) is 3. The molecule has 2 aliphatic rings. The second-order valence-electron chi connectivity index (χ2n) is 9.67. The average Bonchev–Trinajstić information content (AvgIpc) is 3.29. The van der Waals surface area contributed by atoms with Gasteiger partial charge in [0, 0.05) is 68.8 Å². The van der Waals surface area contributed by atoms with Gasteiger partial charge in [-0.3, -0.25) is 9.59 Å². The molecule has 7 nitrogen and oxygen atoms in total. The molecule has 10 heteroatoms. The van der Waals surface area contributed by atoms with E-state index in [1.807, 2.05) is 36.1 Å². The third kappa shape index (κ3) is 5.74. The van der Waals surface area contributed by atoms with Crippen LogP contribution in [0.1, 0.15) is 43.7 Å². The van der Waals surface area contributed by atoms with E-state index in [0.29, 0.717) is 44.7 Å². The summed E-state index contributed by atoms with van der Waals surface area (Å²) in [6, 6.07) is 9.68. The molecular weight excluding hydrogens is 473 g/mol. The number of pyridine rings is 1. The summed E-state index contributed by atoms with van der Waals surface area (Å²) in [5.74, 6) is -0.0724. The summed E-state index contributed by atoms with van der Waals surface area (Å²) in [6.07, 6.45) is -2.85. The Morgan fingerprint density at radius 2 is 1.72 bits per heavy atom. The summed E-state index contributed by atoms with van der Waals surface area (Å²) in [5.41, 5.74) is 6.68. The Kier molecular flexibility index (Phi) is 7.42. The van der Waals surface area contributed by atoms with Crippen LogP contribution in [0.3, 0.4) is 0 Å². The first-order valence-corrected chi connectivity index (χ1v) is 12.1. The monoisotopic (exact) mass is 504 g/mol. The Bertz CT molecular complexity index is 1070. The zero-order valence-corrected chi connectivity index (χ0v) is 20.4. The molecule has 2 N–H and O–H groups in total. The van der Waals surface area contributed by atoms with E-state index in [0.717, 1.165) is 17.8 Å². The first-order chi connectivity index (χ1) is 17.0. The summed E-state index contributed by atoms with van der Waals surface area (Å²) in [7, 11) is 0. The second-order valence-corrected chi connectivity index (χ2v) is 9.67. The number of hydrogen-bond donors (Lipinski definition) is 1. The fraction of sp³-hybridized carbons (Fsp3) is 0.500. The van der Waals surface area contributed by atoms with Gasteiger partial charge in [0.05, 0.1) is 5.56 Å². The summed E-state index contributed by atoms with van der Waals surface area (Å²) >= 11 is 0. The van der Waals surface area contributed by atoms with Gasteiger partial charge < -0.3 is 20.3 Å². The smallest absolute Gasteiger partial charge is 0.417 e. The van der Waals surface area contributed by atoms with Crippen molar-refractivity contribution in [2.75, 3.05) is 31.9 Å². The number of piperidine rings is 1. The summed E-state index contributed by atoms with van der Waals surface area (Å²) in [6.45, 7) is 5.51. The Morgan fingerprint density at radius 1 is 1.06 bits per heavy atom. The minimum Gasteiger partial charge on any atom is -0.474 e. The number of nitrogen functional groups attached to an aromatic ring is 1. The van der Waals surface area contributed by atoms with E-state index in [1.54, 1.807) is 4.90 Å². The fourth-order valence-electron chi connectivity index (χ4n) is 5.18. The quantitative estimate of drug-likeness (QED) is 0.623. The predicted octanol–water partition coefficient (Wildman–Crippen LogP) is 3.95. The van der Waals surface area contributed by atoms with E-state index >= 15 is 0 Å². The van der Waals surface area contributed by atoms with Gasteiger partial charge in [0.15, 0.2) is 0 Å². The average molecular weight is 505 g/mol. The molecule has 0 saturated carbocycles. The highest BCUT2D eigenvalue weighted by Gasteiger charge is 2.42. The number of anilines is 1. The summed E-state index contributed by atoms with van der Waals surface area (Å²) < 4.78 is 44.6. The van der Waals surface area contributed by atoms with Crippen LogP contribution in [-0.4, -0.2) is 58.9 Å². The molecule has 0 bridgehead atoms. The molecule has 1 aromatic carbocycles. The Balaban J connectivity index is 1.49. The van der Waals surface area contributed by atoms with Crippen molar-refractivity contribution in [2.45, 2.75) is 44.9 Å². The molecule has 194 valence electrons. The van der Waals surface area contributed by atoms with E-state index in [9.17, 15) is 22.8 Å². The maximum absolute atomic E-state index is 13.4. The Hall–Kier alpha value is -3.30. The highest BCUT2D eigenvalue weighted by Crippen LogP contribution is 2.38. The van der Waals surface area contributed by atoms with Gasteiger partial charge in [-0.1, -0.05) is 12.1 Å². The third-order valence-electron chi connectivity index (χ3n) is 7.30. The van der Waals surface area contributed by atoms with E-state index in [-0.39, 0.29) is 35.4 Å². The van der Waals surface area contributed by atoms with Crippen LogP contribution in [-0.2, 0) is 15.8 Å². The highest BCUT2D eigenvalue weighted by molar-refractivity contribution is 5.80. The van der Waals surface area contributed by atoms with Crippen LogP contribution >= 0.6 is 0 Å². The van der Waals surface area contributed by atoms with Gasteiger partial charge >= 0.3 is 6.18 Å². The standard InChI is InChI=1S/C26H31F3N4O3/c1-16(36-24-8-5-20(13-31-24)26(27,28)29)22-14-33(15-23(22)18-3-6-21(30)7-4-18)25(35)19-9-11-32(12-10-19)17(2)34/h3-8,13,16,19,22-23H,9-12,14-15,30H2,1-2H3/t16-,22?,23+/m0/s1. The molecular formula is C26H31F3N4O3. The van der Waals surface area contributed by atoms with Gasteiger partial charge in [-0.25, -0.2) is 4.98 Å². The van der Waals surface area contributed by atoms with E-state index in [2.05, 4.69) is 4.98 Å². The van der Waals surface area contributed by atoms with Crippen molar-refractivity contribution in [1.82, 2.24) is 14.8 Å². The lowest BCUT2D eigenvalue weighted by Crippen LogP contribution is -2.43.